The van der Waals surface area contributed by atoms with Crippen LogP contribution in [0.1, 0.15) is 12.5 Å². The van der Waals surface area contributed by atoms with Gasteiger partial charge in [0.15, 0.2) is 5.58 Å². The van der Waals surface area contributed by atoms with Gasteiger partial charge in [-0.2, -0.15) is 0 Å². The first-order valence-corrected chi connectivity index (χ1v) is 8.00. The van der Waals surface area contributed by atoms with Crippen LogP contribution in [0, 0.1) is 0 Å². The van der Waals surface area contributed by atoms with Crippen LogP contribution in [0.25, 0.3) is 22.6 Å². The summed E-state index contributed by atoms with van der Waals surface area (Å²) in [7, 11) is 0. The highest BCUT2D eigenvalue weighted by molar-refractivity contribution is 6.31. The zero-order valence-electron chi connectivity index (χ0n) is 13.1. The Morgan fingerprint density at radius 3 is 2.92 bits per heavy atom. The summed E-state index contributed by atoms with van der Waals surface area (Å²) in [5, 5.41) is 0.632. The van der Waals surface area contributed by atoms with Crippen molar-refractivity contribution in [1.29, 1.82) is 0 Å². The number of halogens is 1. The molecule has 122 valence electrons. The van der Waals surface area contributed by atoms with Gasteiger partial charge in [0, 0.05) is 10.6 Å². The van der Waals surface area contributed by atoms with Crippen molar-refractivity contribution in [1.82, 2.24) is 4.98 Å². The van der Waals surface area contributed by atoms with Crippen molar-refractivity contribution in [3.05, 3.63) is 53.1 Å². The van der Waals surface area contributed by atoms with E-state index in [-0.39, 0.29) is 0 Å². The lowest BCUT2D eigenvalue weighted by Gasteiger charge is -2.30. The number of benzene rings is 2. The molecule has 0 bridgehead atoms. The number of hydrogen-bond donors (Lipinski definition) is 1. The van der Waals surface area contributed by atoms with Crippen molar-refractivity contribution >= 4 is 28.5 Å². The second-order valence-corrected chi connectivity index (χ2v) is 6.52. The molecule has 1 aliphatic rings. The minimum atomic E-state index is -0.506. The maximum atomic E-state index is 6.01. The minimum Gasteiger partial charge on any atom is -0.436 e. The molecule has 0 radical (unpaired) electrons. The number of fused-ring (bicyclic) bond motifs is 1. The van der Waals surface area contributed by atoms with Gasteiger partial charge in [0.25, 0.3) is 0 Å². The van der Waals surface area contributed by atoms with Crippen LogP contribution in [-0.2, 0) is 10.3 Å². The van der Waals surface area contributed by atoms with E-state index in [9.17, 15) is 0 Å². The van der Waals surface area contributed by atoms with E-state index in [0.717, 1.165) is 16.6 Å². The molecule has 2 N–H and O–H groups in total. The number of oxazole rings is 1. The standard InChI is InChI=1S/C18H16ClN3O2/c1-18(10-23-9-16(20)22-18)12-4-2-3-11(7-12)17-21-14-8-13(19)5-6-15(14)24-17/h2-8H,9-10H2,1H3,(H2,20,22). The normalized spacial score (nSPS) is 21.0. The monoisotopic (exact) mass is 341 g/mol. The molecule has 0 amide bonds. The van der Waals surface area contributed by atoms with Crippen molar-refractivity contribution in [2.45, 2.75) is 12.5 Å². The summed E-state index contributed by atoms with van der Waals surface area (Å²) in [4.78, 5) is 9.10. The van der Waals surface area contributed by atoms with Gasteiger partial charge in [0.1, 0.15) is 23.5 Å². The maximum absolute atomic E-state index is 6.01. The number of nitrogens with zero attached hydrogens (tertiary/aromatic N) is 2. The molecule has 0 aliphatic carbocycles. The fourth-order valence-electron chi connectivity index (χ4n) is 2.90. The van der Waals surface area contributed by atoms with Gasteiger partial charge in [-0.3, -0.25) is 4.99 Å². The van der Waals surface area contributed by atoms with Crippen molar-refractivity contribution in [3.8, 4) is 11.5 Å². The molecule has 6 heteroatoms. The van der Waals surface area contributed by atoms with Crippen LogP contribution < -0.4 is 5.73 Å². The summed E-state index contributed by atoms with van der Waals surface area (Å²) < 4.78 is 11.4. The zero-order valence-corrected chi connectivity index (χ0v) is 13.9. The summed E-state index contributed by atoms with van der Waals surface area (Å²) >= 11 is 6.01. The molecule has 0 spiro atoms. The average molecular weight is 342 g/mol. The highest BCUT2D eigenvalue weighted by Gasteiger charge is 2.30. The molecule has 1 unspecified atom stereocenters. The Bertz CT molecular complexity index is 950. The number of nitrogens with two attached hydrogens (primary N) is 1. The first-order valence-electron chi connectivity index (χ1n) is 7.62. The second kappa shape index (κ2) is 5.61. The van der Waals surface area contributed by atoms with Gasteiger partial charge in [-0.25, -0.2) is 4.98 Å². The van der Waals surface area contributed by atoms with Crippen molar-refractivity contribution < 1.29 is 9.15 Å². The first-order chi connectivity index (χ1) is 11.5. The molecule has 5 nitrogen and oxygen atoms in total. The molecule has 1 aliphatic heterocycles. The minimum absolute atomic E-state index is 0.376. The van der Waals surface area contributed by atoms with E-state index in [1.165, 1.54) is 0 Å². The number of rotatable bonds is 2. The molecule has 0 saturated carbocycles. The van der Waals surface area contributed by atoms with Gasteiger partial charge < -0.3 is 14.9 Å². The molecule has 4 rings (SSSR count). The number of aromatic nitrogens is 1. The van der Waals surface area contributed by atoms with Gasteiger partial charge in [-0.1, -0.05) is 23.7 Å². The van der Waals surface area contributed by atoms with Crippen LogP contribution in [0.5, 0.6) is 0 Å². The zero-order chi connectivity index (χ0) is 16.7. The fourth-order valence-corrected chi connectivity index (χ4v) is 3.06. The number of ether oxygens (including phenoxy) is 1. The van der Waals surface area contributed by atoms with Crippen molar-refractivity contribution in [2.24, 2.45) is 10.7 Å². The predicted molar refractivity (Wildman–Crippen MR) is 94.2 cm³/mol. The lowest BCUT2D eigenvalue weighted by atomic mass is 9.91. The predicted octanol–water partition coefficient (Wildman–Crippen LogP) is 3.75. The lowest BCUT2D eigenvalue weighted by molar-refractivity contribution is 0.106. The van der Waals surface area contributed by atoms with Gasteiger partial charge in [0.2, 0.25) is 5.89 Å². The molecule has 2 aromatic carbocycles. The summed E-state index contributed by atoms with van der Waals surface area (Å²) in [6, 6.07) is 13.3. The quantitative estimate of drug-likeness (QED) is 0.770. The Kier molecular flexibility index (Phi) is 3.55. The largest absolute Gasteiger partial charge is 0.436 e. The Morgan fingerprint density at radius 2 is 2.08 bits per heavy atom. The Hall–Kier alpha value is -2.37. The highest BCUT2D eigenvalue weighted by atomic mass is 35.5. The number of aliphatic imine (C=N–C) groups is 1. The molecular formula is C18H16ClN3O2. The first kappa shape index (κ1) is 15.2. The van der Waals surface area contributed by atoms with E-state index in [1.54, 1.807) is 12.1 Å². The third kappa shape index (κ3) is 2.66. The summed E-state index contributed by atoms with van der Waals surface area (Å²) in [5.74, 6) is 1.05. The number of hydrogen-bond acceptors (Lipinski definition) is 5. The van der Waals surface area contributed by atoms with Gasteiger partial charge in [0.05, 0.1) is 6.61 Å². The smallest absolute Gasteiger partial charge is 0.227 e. The third-order valence-corrected chi connectivity index (χ3v) is 4.34. The van der Waals surface area contributed by atoms with Gasteiger partial charge >= 0.3 is 0 Å². The van der Waals surface area contributed by atoms with Crippen LogP contribution in [0.4, 0.5) is 0 Å². The second-order valence-electron chi connectivity index (χ2n) is 6.08. The van der Waals surface area contributed by atoms with Gasteiger partial charge in [-0.15, -0.1) is 0 Å². The Morgan fingerprint density at radius 1 is 1.21 bits per heavy atom. The highest BCUT2D eigenvalue weighted by Crippen LogP contribution is 2.32. The molecule has 0 fully saturated rings. The molecular weight excluding hydrogens is 326 g/mol. The summed E-state index contributed by atoms with van der Waals surface area (Å²) in [6.45, 7) is 2.87. The summed E-state index contributed by atoms with van der Waals surface area (Å²) in [6.07, 6.45) is 0. The molecule has 2 heterocycles. The molecule has 3 aromatic rings. The van der Waals surface area contributed by atoms with Crippen LogP contribution in [0.2, 0.25) is 5.02 Å². The topological polar surface area (TPSA) is 73.6 Å². The van der Waals surface area contributed by atoms with Crippen LogP contribution in [-0.4, -0.2) is 24.0 Å². The van der Waals surface area contributed by atoms with E-state index < -0.39 is 5.54 Å². The van der Waals surface area contributed by atoms with E-state index in [1.807, 2.05) is 37.3 Å². The van der Waals surface area contributed by atoms with Gasteiger partial charge in [-0.05, 0) is 42.8 Å². The van der Waals surface area contributed by atoms with Crippen molar-refractivity contribution in [2.75, 3.05) is 13.2 Å². The van der Waals surface area contributed by atoms with Crippen LogP contribution in [0.3, 0.4) is 0 Å². The maximum Gasteiger partial charge on any atom is 0.227 e. The van der Waals surface area contributed by atoms with E-state index in [0.29, 0.717) is 35.5 Å². The fraction of sp³-hybridized carbons (Fsp3) is 0.222. The lowest BCUT2D eigenvalue weighted by Crippen LogP contribution is -2.37. The summed E-state index contributed by atoms with van der Waals surface area (Å²) in [5.41, 5.74) is 8.65. The molecule has 1 aromatic heterocycles. The van der Waals surface area contributed by atoms with Crippen LogP contribution in [0.15, 0.2) is 51.9 Å². The Balaban J connectivity index is 1.78. The third-order valence-electron chi connectivity index (χ3n) is 4.10. The van der Waals surface area contributed by atoms with E-state index in [2.05, 4.69) is 9.98 Å². The Labute approximate surface area is 144 Å². The number of amidine groups is 1. The molecule has 1 atom stereocenters. The molecule has 24 heavy (non-hydrogen) atoms. The SMILES string of the molecule is CC1(c2cccc(-c3nc4cc(Cl)ccc4o3)c2)COCC(N)=N1. The molecule has 0 saturated heterocycles. The van der Waals surface area contributed by atoms with Crippen LogP contribution >= 0.6 is 11.6 Å². The van der Waals surface area contributed by atoms with Crippen molar-refractivity contribution in [3.63, 3.8) is 0 Å². The van der Waals surface area contributed by atoms with E-state index in [4.69, 9.17) is 26.5 Å². The average Bonchev–Trinajstić information content (AvgIpc) is 2.98. The van der Waals surface area contributed by atoms with E-state index >= 15 is 0 Å².